The molecular weight excluding hydrogens is 290 g/mol. The van der Waals surface area contributed by atoms with E-state index in [9.17, 15) is 8.42 Å². The van der Waals surface area contributed by atoms with Gasteiger partial charge >= 0.3 is 0 Å². The van der Waals surface area contributed by atoms with Crippen molar-refractivity contribution in [3.63, 3.8) is 0 Å². The Labute approximate surface area is 126 Å². The van der Waals surface area contributed by atoms with Crippen LogP contribution in [0.3, 0.4) is 0 Å². The standard InChI is InChI=1S/C15H23NO4S/c1-4-16-15(11(2)21(3,17)18)12-6-7-13-14(10-12)20-9-5-8-19-13/h6-7,10-11,15-16H,4-5,8-9H2,1-3H3. The zero-order valence-corrected chi connectivity index (χ0v) is 13.6. The summed E-state index contributed by atoms with van der Waals surface area (Å²) in [6.07, 6.45) is 2.12. The second-order valence-electron chi connectivity index (χ2n) is 5.33. The molecule has 21 heavy (non-hydrogen) atoms. The van der Waals surface area contributed by atoms with Crippen LogP contribution in [0.1, 0.15) is 31.9 Å². The molecular formula is C15H23NO4S. The lowest BCUT2D eigenvalue weighted by atomic mass is 10.0. The predicted octanol–water partition coefficient (Wildman–Crippen LogP) is 1.93. The van der Waals surface area contributed by atoms with Crippen LogP contribution in [0.25, 0.3) is 0 Å². The Morgan fingerprint density at radius 3 is 2.52 bits per heavy atom. The summed E-state index contributed by atoms with van der Waals surface area (Å²) >= 11 is 0. The smallest absolute Gasteiger partial charge is 0.161 e. The zero-order chi connectivity index (χ0) is 15.5. The number of hydrogen-bond acceptors (Lipinski definition) is 5. The molecule has 2 rings (SSSR count). The molecule has 6 heteroatoms. The summed E-state index contributed by atoms with van der Waals surface area (Å²) in [6.45, 7) is 5.64. The number of hydrogen-bond donors (Lipinski definition) is 1. The molecule has 1 aromatic rings. The van der Waals surface area contributed by atoms with Crippen molar-refractivity contribution in [1.29, 1.82) is 0 Å². The van der Waals surface area contributed by atoms with E-state index in [0.29, 0.717) is 25.5 Å². The molecule has 118 valence electrons. The Morgan fingerprint density at radius 1 is 1.24 bits per heavy atom. The fourth-order valence-electron chi connectivity index (χ4n) is 2.40. The Bertz CT molecular complexity index is 585. The van der Waals surface area contributed by atoms with Gasteiger partial charge in [0.1, 0.15) is 0 Å². The van der Waals surface area contributed by atoms with Gasteiger partial charge in [-0.15, -0.1) is 0 Å². The lowest BCUT2D eigenvalue weighted by Gasteiger charge is -2.24. The highest BCUT2D eigenvalue weighted by molar-refractivity contribution is 7.91. The molecule has 0 saturated carbocycles. The monoisotopic (exact) mass is 313 g/mol. The minimum atomic E-state index is -3.14. The Balaban J connectivity index is 2.34. The van der Waals surface area contributed by atoms with Crippen molar-refractivity contribution in [3.05, 3.63) is 23.8 Å². The first-order chi connectivity index (χ1) is 9.93. The third-order valence-corrected chi connectivity index (χ3v) is 5.32. The Hall–Kier alpha value is -1.27. The maximum atomic E-state index is 11.9. The third-order valence-electron chi connectivity index (χ3n) is 3.70. The van der Waals surface area contributed by atoms with E-state index in [2.05, 4.69) is 5.32 Å². The quantitative estimate of drug-likeness (QED) is 0.900. The highest BCUT2D eigenvalue weighted by atomic mass is 32.2. The van der Waals surface area contributed by atoms with Crippen molar-refractivity contribution in [2.24, 2.45) is 0 Å². The largest absolute Gasteiger partial charge is 0.490 e. The molecule has 1 aliphatic rings. The average molecular weight is 313 g/mol. The molecule has 0 bridgehead atoms. The van der Waals surface area contributed by atoms with E-state index in [0.717, 1.165) is 17.7 Å². The van der Waals surface area contributed by atoms with Gasteiger partial charge in [0.25, 0.3) is 0 Å². The Morgan fingerprint density at radius 2 is 1.90 bits per heavy atom. The maximum absolute atomic E-state index is 11.9. The van der Waals surface area contributed by atoms with Crippen molar-refractivity contribution in [3.8, 4) is 11.5 Å². The molecule has 0 spiro atoms. The maximum Gasteiger partial charge on any atom is 0.161 e. The molecule has 0 fully saturated rings. The van der Waals surface area contributed by atoms with E-state index in [-0.39, 0.29) is 6.04 Å². The van der Waals surface area contributed by atoms with E-state index >= 15 is 0 Å². The molecule has 0 saturated heterocycles. The number of sulfone groups is 1. The van der Waals surface area contributed by atoms with Gasteiger partial charge in [0, 0.05) is 18.7 Å². The molecule has 0 aliphatic carbocycles. The van der Waals surface area contributed by atoms with Crippen LogP contribution in [-0.2, 0) is 9.84 Å². The molecule has 0 aromatic heterocycles. The van der Waals surface area contributed by atoms with Crippen molar-refractivity contribution < 1.29 is 17.9 Å². The van der Waals surface area contributed by atoms with E-state index in [1.165, 1.54) is 6.26 Å². The molecule has 5 nitrogen and oxygen atoms in total. The van der Waals surface area contributed by atoms with Crippen LogP contribution in [0.5, 0.6) is 11.5 Å². The van der Waals surface area contributed by atoms with Crippen molar-refractivity contribution in [1.82, 2.24) is 5.32 Å². The van der Waals surface area contributed by atoms with Gasteiger partial charge in [-0.2, -0.15) is 0 Å². The molecule has 2 atom stereocenters. The number of benzene rings is 1. The van der Waals surface area contributed by atoms with Gasteiger partial charge in [0.15, 0.2) is 21.3 Å². The fourth-order valence-corrected chi connectivity index (χ4v) is 3.14. The molecule has 0 radical (unpaired) electrons. The lowest BCUT2D eigenvalue weighted by molar-refractivity contribution is 0.297. The van der Waals surface area contributed by atoms with Gasteiger partial charge in [-0.3, -0.25) is 0 Å². The van der Waals surface area contributed by atoms with E-state index in [1.807, 2.05) is 25.1 Å². The van der Waals surface area contributed by atoms with Crippen LogP contribution in [0.4, 0.5) is 0 Å². The number of fused-ring (bicyclic) bond motifs is 1. The van der Waals surface area contributed by atoms with E-state index in [1.54, 1.807) is 6.92 Å². The summed E-state index contributed by atoms with van der Waals surface area (Å²) in [5.74, 6) is 1.41. The molecule has 1 aromatic carbocycles. The first-order valence-corrected chi connectivity index (χ1v) is 9.20. The van der Waals surface area contributed by atoms with Crippen molar-refractivity contribution in [2.75, 3.05) is 26.0 Å². The summed E-state index contributed by atoms with van der Waals surface area (Å²) in [6, 6.07) is 5.38. The SMILES string of the molecule is CCNC(c1ccc2c(c1)OCCCO2)C(C)S(C)(=O)=O. The molecule has 2 unspecified atom stereocenters. The highest BCUT2D eigenvalue weighted by Crippen LogP contribution is 2.33. The number of rotatable bonds is 5. The molecule has 1 N–H and O–H groups in total. The molecule has 1 heterocycles. The number of nitrogens with one attached hydrogen (secondary N) is 1. The summed E-state index contributed by atoms with van der Waals surface area (Å²) in [5.41, 5.74) is 0.902. The van der Waals surface area contributed by atoms with Crippen LogP contribution >= 0.6 is 0 Å². The van der Waals surface area contributed by atoms with Gasteiger partial charge in [-0.05, 0) is 31.2 Å². The van der Waals surface area contributed by atoms with Crippen LogP contribution in [0.15, 0.2) is 18.2 Å². The zero-order valence-electron chi connectivity index (χ0n) is 12.8. The predicted molar refractivity (Wildman–Crippen MR) is 82.8 cm³/mol. The van der Waals surface area contributed by atoms with Crippen LogP contribution in [-0.4, -0.2) is 39.7 Å². The second kappa shape index (κ2) is 6.66. The van der Waals surface area contributed by atoms with Crippen LogP contribution < -0.4 is 14.8 Å². The van der Waals surface area contributed by atoms with E-state index in [4.69, 9.17) is 9.47 Å². The lowest BCUT2D eigenvalue weighted by Crippen LogP contribution is -2.35. The van der Waals surface area contributed by atoms with Crippen molar-refractivity contribution in [2.45, 2.75) is 31.6 Å². The van der Waals surface area contributed by atoms with Gasteiger partial charge in [0.05, 0.1) is 18.5 Å². The first kappa shape index (κ1) is 16.1. The van der Waals surface area contributed by atoms with Crippen molar-refractivity contribution >= 4 is 9.84 Å². The molecule has 1 aliphatic heterocycles. The summed E-state index contributed by atoms with van der Waals surface area (Å²) < 4.78 is 35.0. The summed E-state index contributed by atoms with van der Waals surface area (Å²) in [7, 11) is -3.14. The minimum Gasteiger partial charge on any atom is -0.490 e. The van der Waals surface area contributed by atoms with Crippen LogP contribution in [0.2, 0.25) is 0 Å². The van der Waals surface area contributed by atoms with E-state index < -0.39 is 15.1 Å². The van der Waals surface area contributed by atoms with Gasteiger partial charge < -0.3 is 14.8 Å². The second-order valence-corrected chi connectivity index (χ2v) is 7.73. The first-order valence-electron chi connectivity index (χ1n) is 7.25. The highest BCUT2D eigenvalue weighted by Gasteiger charge is 2.27. The van der Waals surface area contributed by atoms with Gasteiger partial charge in [-0.1, -0.05) is 13.0 Å². The summed E-state index contributed by atoms with van der Waals surface area (Å²) in [4.78, 5) is 0. The topological polar surface area (TPSA) is 64.6 Å². The van der Waals surface area contributed by atoms with Gasteiger partial charge in [0.2, 0.25) is 0 Å². The van der Waals surface area contributed by atoms with Crippen LogP contribution in [0, 0.1) is 0 Å². The third kappa shape index (κ3) is 3.89. The number of ether oxygens (including phenoxy) is 2. The summed E-state index contributed by atoms with van der Waals surface area (Å²) in [5, 5.41) is 2.74. The minimum absolute atomic E-state index is 0.262. The fraction of sp³-hybridized carbons (Fsp3) is 0.600. The normalized spacial score (nSPS) is 17.9. The Kier molecular flexibility index (Phi) is 5.11. The molecule has 0 amide bonds. The van der Waals surface area contributed by atoms with Gasteiger partial charge in [-0.25, -0.2) is 8.42 Å². The average Bonchev–Trinajstić information content (AvgIpc) is 2.67.